The Kier molecular flexibility index (Phi) is 7.93. The van der Waals surface area contributed by atoms with E-state index >= 15 is 0 Å². The van der Waals surface area contributed by atoms with Crippen LogP contribution in [0.1, 0.15) is 26.7 Å². The van der Waals surface area contributed by atoms with E-state index in [4.69, 9.17) is 21.4 Å². The number of nitrogens with zero attached hydrogens (tertiary/aromatic N) is 1. The molecule has 2 amide bonds. The summed E-state index contributed by atoms with van der Waals surface area (Å²) >= 11 is 6.12. The average Bonchev–Trinajstić information content (AvgIpc) is 2.46. The minimum absolute atomic E-state index is 0.0576. The Labute approximate surface area is 130 Å². The third-order valence-electron chi connectivity index (χ3n) is 2.80. The molecule has 0 radical (unpaired) electrons. The summed E-state index contributed by atoms with van der Waals surface area (Å²) in [6.45, 7) is 5.45. The van der Waals surface area contributed by atoms with E-state index in [1.807, 2.05) is 13.8 Å². The number of aliphatic hydroxyl groups excluding tert-OH is 1. The molecule has 5 nitrogen and oxygen atoms in total. The van der Waals surface area contributed by atoms with Crippen LogP contribution in [0.4, 0.5) is 10.5 Å². The molecule has 0 bridgehead atoms. The van der Waals surface area contributed by atoms with Gasteiger partial charge in [0, 0.05) is 18.8 Å². The van der Waals surface area contributed by atoms with Crippen molar-refractivity contribution in [2.75, 3.05) is 31.6 Å². The van der Waals surface area contributed by atoms with Crippen molar-refractivity contribution in [2.45, 2.75) is 26.7 Å². The predicted molar refractivity (Wildman–Crippen MR) is 85.2 cm³/mol. The van der Waals surface area contributed by atoms with Crippen molar-refractivity contribution in [3.05, 3.63) is 23.2 Å². The predicted octanol–water partition coefficient (Wildman–Crippen LogP) is 3.37. The lowest BCUT2D eigenvalue weighted by Crippen LogP contribution is -2.37. The van der Waals surface area contributed by atoms with Crippen LogP contribution in [0.25, 0.3) is 0 Å². The Morgan fingerprint density at radius 3 is 2.67 bits per heavy atom. The number of urea groups is 1. The smallest absolute Gasteiger partial charge is 0.321 e. The number of halogens is 1. The van der Waals surface area contributed by atoms with Gasteiger partial charge in [-0.05, 0) is 31.0 Å². The number of benzene rings is 1. The van der Waals surface area contributed by atoms with E-state index in [0.717, 1.165) is 12.8 Å². The third kappa shape index (κ3) is 5.81. The first kappa shape index (κ1) is 17.6. The molecule has 0 aliphatic carbocycles. The summed E-state index contributed by atoms with van der Waals surface area (Å²) in [6.07, 6.45) is 1.74. The van der Waals surface area contributed by atoms with Crippen molar-refractivity contribution in [1.29, 1.82) is 0 Å². The van der Waals surface area contributed by atoms with Crippen LogP contribution < -0.4 is 10.1 Å². The molecule has 0 aliphatic heterocycles. The highest BCUT2D eigenvalue weighted by Gasteiger charge is 2.13. The number of nitrogens with one attached hydrogen (secondary N) is 1. The molecule has 6 heteroatoms. The average molecular weight is 315 g/mol. The van der Waals surface area contributed by atoms with E-state index in [-0.39, 0.29) is 12.6 Å². The molecule has 0 spiro atoms. The first-order valence-electron chi connectivity index (χ1n) is 7.21. The number of anilines is 1. The van der Waals surface area contributed by atoms with Gasteiger partial charge in [0.15, 0.2) is 0 Å². The summed E-state index contributed by atoms with van der Waals surface area (Å²) in [5.41, 5.74) is 0.605. The lowest BCUT2D eigenvalue weighted by atomic mass is 10.3. The van der Waals surface area contributed by atoms with Crippen LogP contribution in [0.2, 0.25) is 5.02 Å². The molecule has 118 valence electrons. The van der Waals surface area contributed by atoms with Gasteiger partial charge in [-0.3, -0.25) is 0 Å². The Morgan fingerprint density at radius 2 is 2.10 bits per heavy atom. The second-order valence-corrected chi connectivity index (χ2v) is 5.04. The summed E-state index contributed by atoms with van der Waals surface area (Å²) < 4.78 is 5.48. The molecule has 1 aromatic rings. The highest BCUT2D eigenvalue weighted by molar-refractivity contribution is 6.32. The monoisotopic (exact) mass is 314 g/mol. The van der Waals surface area contributed by atoms with Gasteiger partial charge in [-0.2, -0.15) is 0 Å². The molecule has 0 heterocycles. The molecule has 1 rings (SSSR count). The Morgan fingerprint density at radius 1 is 1.33 bits per heavy atom. The summed E-state index contributed by atoms with van der Waals surface area (Å²) in [7, 11) is 0. The summed E-state index contributed by atoms with van der Waals surface area (Å²) in [5.74, 6) is 0.609. The fourth-order valence-electron chi connectivity index (χ4n) is 1.82. The number of carbonyl (C=O) groups is 1. The quantitative estimate of drug-likeness (QED) is 0.773. The first-order chi connectivity index (χ1) is 10.1. The van der Waals surface area contributed by atoms with Crippen molar-refractivity contribution in [3.63, 3.8) is 0 Å². The molecule has 1 aromatic carbocycles. The maximum atomic E-state index is 12.1. The second kappa shape index (κ2) is 9.47. The molecule has 0 unspecified atom stereocenters. The molecule has 0 saturated carbocycles. The lowest BCUT2D eigenvalue weighted by molar-refractivity contribution is 0.188. The Balaban J connectivity index is 2.69. The fraction of sp³-hybridized carbons (Fsp3) is 0.533. The number of hydrogen-bond donors (Lipinski definition) is 2. The summed E-state index contributed by atoms with van der Waals surface area (Å²) in [4.78, 5) is 13.7. The number of ether oxygens (including phenoxy) is 1. The largest absolute Gasteiger partial charge is 0.492 e. The van der Waals surface area contributed by atoms with Crippen LogP contribution in [0.5, 0.6) is 5.75 Å². The van der Waals surface area contributed by atoms with E-state index in [0.29, 0.717) is 36.2 Å². The van der Waals surface area contributed by atoms with Crippen LogP contribution in [-0.2, 0) is 0 Å². The minimum atomic E-state index is -0.246. The van der Waals surface area contributed by atoms with Crippen molar-refractivity contribution >= 4 is 23.3 Å². The normalized spacial score (nSPS) is 10.3. The van der Waals surface area contributed by atoms with Crippen molar-refractivity contribution < 1.29 is 14.6 Å². The Bertz CT molecular complexity index is 449. The molecule has 0 aromatic heterocycles. The molecule has 2 N–H and O–H groups in total. The maximum absolute atomic E-state index is 12.1. The molecule has 0 aliphatic rings. The van der Waals surface area contributed by atoms with E-state index in [2.05, 4.69) is 5.32 Å². The Hall–Kier alpha value is -1.46. The fourth-order valence-corrected chi connectivity index (χ4v) is 2.05. The van der Waals surface area contributed by atoms with Gasteiger partial charge in [-0.15, -0.1) is 0 Å². The van der Waals surface area contributed by atoms with Crippen molar-refractivity contribution in [3.8, 4) is 5.75 Å². The molecule has 0 saturated heterocycles. The van der Waals surface area contributed by atoms with Gasteiger partial charge in [0.25, 0.3) is 0 Å². The summed E-state index contributed by atoms with van der Waals surface area (Å²) in [6, 6.07) is 4.90. The van der Waals surface area contributed by atoms with E-state index in [1.165, 1.54) is 0 Å². The SMILES string of the molecule is CCCOc1ccc(NC(=O)N(CCC)CCO)cc1Cl. The number of amides is 2. The van der Waals surface area contributed by atoms with Crippen LogP contribution in [-0.4, -0.2) is 42.3 Å². The van der Waals surface area contributed by atoms with Gasteiger partial charge in [0.05, 0.1) is 18.2 Å². The highest BCUT2D eigenvalue weighted by Crippen LogP contribution is 2.27. The van der Waals surface area contributed by atoms with Gasteiger partial charge in [-0.25, -0.2) is 4.79 Å². The number of rotatable bonds is 8. The van der Waals surface area contributed by atoms with E-state index in [9.17, 15) is 4.79 Å². The maximum Gasteiger partial charge on any atom is 0.321 e. The van der Waals surface area contributed by atoms with Crippen LogP contribution in [0.15, 0.2) is 18.2 Å². The standard InChI is InChI=1S/C15H23ClN2O3/c1-3-7-18(8-9-19)15(20)17-12-5-6-14(13(16)11-12)21-10-4-2/h5-6,11,19H,3-4,7-10H2,1-2H3,(H,17,20). The molecule has 0 fully saturated rings. The van der Waals surface area contributed by atoms with Gasteiger partial charge < -0.3 is 20.1 Å². The molecule has 21 heavy (non-hydrogen) atoms. The highest BCUT2D eigenvalue weighted by atomic mass is 35.5. The van der Waals surface area contributed by atoms with Crippen molar-refractivity contribution in [2.24, 2.45) is 0 Å². The number of hydrogen-bond acceptors (Lipinski definition) is 3. The second-order valence-electron chi connectivity index (χ2n) is 4.63. The topological polar surface area (TPSA) is 61.8 Å². The van der Waals surface area contributed by atoms with Gasteiger partial charge in [0.2, 0.25) is 0 Å². The molecule has 0 atom stereocenters. The first-order valence-corrected chi connectivity index (χ1v) is 7.59. The summed E-state index contributed by atoms with van der Waals surface area (Å²) in [5, 5.41) is 12.2. The number of aliphatic hydroxyl groups is 1. The van der Waals surface area contributed by atoms with Gasteiger partial charge >= 0.3 is 6.03 Å². The van der Waals surface area contributed by atoms with Crippen LogP contribution in [0.3, 0.4) is 0 Å². The zero-order valence-corrected chi connectivity index (χ0v) is 13.3. The third-order valence-corrected chi connectivity index (χ3v) is 3.09. The van der Waals surface area contributed by atoms with E-state index < -0.39 is 0 Å². The molecular formula is C15H23ClN2O3. The minimum Gasteiger partial charge on any atom is -0.492 e. The zero-order valence-electron chi connectivity index (χ0n) is 12.6. The van der Waals surface area contributed by atoms with Crippen LogP contribution in [0, 0.1) is 0 Å². The lowest BCUT2D eigenvalue weighted by Gasteiger charge is -2.21. The van der Waals surface area contributed by atoms with Crippen molar-refractivity contribution in [1.82, 2.24) is 4.90 Å². The van der Waals surface area contributed by atoms with Gasteiger partial charge in [0.1, 0.15) is 5.75 Å². The van der Waals surface area contributed by atoms with E-state index in [1.54, 1.807) is 23.1 Å². The van der Waals surface area contributed by atoms with Gasteiger partial charge in [-0.1, -0.05) is 25.4 Å². The molecular weight excluding hydrogens is 292 g/mol. The van der Waals surface area contributed by atoms with Crippen LogP contribution >= 0.6 is 11.6 Å². The number of carbonyl (C=O) groups excluding carboxylic acids is 1. The zero-order chi connectivity index (χ0) is 15.7.